The Morgan fingerprint density at radius 3 is 2.77 bits per heavy atom. The van der Waals surface area contributed by atoms with E-state index in [0.29, 0.717) is 12.1 Å². The van der Waals surface area contributed by atoms with Gasteiger partial charge in [-0.2, -0.15) is 0 Å². The number of pyridine rings is 2. The van der Waals surface area contributed by atoms with Gasteiger partial charge in [-0.25, -0.2) is 4.98 Å². The van der Waals surface area contributed by atoms with Crippen molar-refractivity contribution in [1.29, 1.82) is 0 Å². The number of amides is 1. The lowest BCUT2D eigenvalue weighted by atomic mass is 10.0. The van der Waals surface area contributed by atoms with Crippen LogP contribution in [0.2, 0.25) is 0 Å². The number of anilines is 1. The van der Waals surface area contributed by atoms with Gasteiger partial charge in [0, 0.05) is 37.9 Å². The number of hydrogen-bond acceptors (Lipinski definition) is 5. The van der Waals surface area contributed by atoms with E-state index >= 15 is 0 Å². The summed E-state index contributed by atoms with van der Waals surface area (Å²) >= 11 is 0. The third-order valence-electron chi connectivity index (χ3n) is 5.37. The van der Waals surface area contributed by atoms with Crippen molar-refractivity contribution in [1.82, 2.24) is 20.2 Å². The Morgan fingerprint density at radius 2 is 2.00 bits per heavy atom. The molecule has 6 heteroatoms. The highest BCUT2D eigenvalue weighted by Crippen LogP contribution is 2.23. The van der Waals surface area contributed by atoms with Crippen molar-refractivity contribution >= 4 is 17.8 Å². The molecule has 0 saturated carbocycles. The van der Waals surface area contributed by atoms with Gasteiger partial charge in [-0.3, -0.25) is 14.7 Å². The van der Waals surface area contributed by atoms with Crippen LogP contribution >= 0.6 is 0 Å². The number of nitrogens with one attached hydrogen (secondary N) is 1. The first-order chi connectivity index (χ1) is 15.1. The standard InChI is InChI=1S/C25H27N5O/c1-18(13-19-7-3-2-4-8-19)16-30-12-10-23-20(17-30)14-22(24(26)29-23)25(31)28-15-21-9-5-6-11-27-21/h2-9,11,13-14H,10,12,15-17H2,1H3,(H2,26,29)(H,28,31). The van der Waals surface area contributed by atoms with Gasteiger partial charge in [-0.1, -0.05) is 48.0 Å². The van der Waals surface area contributed by atoms with E-state index in [0.717, 1.165) is 43.0 Å². The number of carbonyl (C=O) groups excluding carboxylic acids is 1. The summed E-state index contributed by atoms with van der Waals surface area (Å²) < 4.78 is 0. The van der Waals surface area contributed by atoms with E-state index < -0.39 is 0 Å². The van der Waals surface area contributed by atoms with Crippen molar-refractivity contribution in [2.24, 2.45) is 0 Å². The molecule has 0 unspecified atom stereocenters. The van der Waals surface area contributed by atoms with Gasteiger partial charge in [0.1, 0.15) is 5.82 Å². The third kappa shape index (κ3) is 5.35. The van der Waals surface area contributed by atoms with Gasteiger partial charge < -0.3 is 11.1 Å². The second-order valence-electron chi connectivity index (χ2n) is 7.89. The van der Waals surface area contributed by atoms with Gasteiger partial charge in [0.15, 0.2) is 0 Å². The minimum absolute atomic E-state index is 0.226. The third-order valence-corrected chi connectivity index (χ3v) is 5.37. The molecule has 3 aromatic rings. The SMILES string of the molecule is CC(=Cc1ccccc1)CN1CCc2nc(N)c(C(=O)NCc3ccccn3)cc2C1. The second-order valence-corrected chi connectivity index (χ2v) is 7.89. The van der Waals surface area contributed by atoms with Crippen molar-refractivity contribution in [3.05, 3.63) is 94.4 Å². The monoisotopic (exact) mass is 413 g/mol. The van der Waals surface area contributed by atoms with E-state index in [2.05, 4.69) is 45.3 Å². The maximum atomic E-state index is 12.7. The number of fused-ring (bicyclic) bond motifs is 1. The first-order valence-corrected chi connectivity index (χ1v) is 10.5. The summed E-state index contributed by atoms with van der Waals surface area (Å²) in [5.41, 5.74) is 11.9. The molecule has 3 heterocycles. The molecular formula is C25H27N5O. The van der Waals surface area contributed by atoms with E-state index in [4.69, 9.17) is 5.73 Å². The zero-order chi connectivity index (χ0) is 21.6. The molecule has 1 aliphatic heterocycles. The first-order valence-electron chi connectivity index (χ1n) is 10.5. The van der Waals surface area contributed by atoms with Crippen LogP contribution in [0, 0.1) is 0 Å². The van der Waals surface area contributed by atoms with Crippen LogP contribution in [0.5, 0.6) is 0 Å². The zero-order valence-electron chi connectivity index (χ0n) is 17.7. The van der Waals surface area contributed by atoms with E-state index in [1.165, 1.54) is 11.1 Å². The molecule has 0 radical (unpaired) electrons. The maximum Gasteiger partial charge on any atom is 0.255 e. The zero-order valence-corrected chi connectivity index (χ0v) is 17.7. The predicted molar refractivity (Wildman–Crippen MR) is 123 cm³/mol. The summed E-state index contributed by atoms with van der Waals surface area (Å²) in [4.78, 5) is 23.8. The van der Waals surface area contributed by atoms with Crippen molar-refractivity contribution in [3.63, 3.8) is 0 Å². The topological polar surface area (TPSA) is 84.1 Å². The minimum atomic E-state index is -0.226. The second kappa shape index (κ2) is 9.53. The fourth-order valence-electron chi connectivity index (χ4n) is 3.86. The van der Waals surface area contributed by atoms with Gasteiger partial charge in [-0.05, 0) is 36.2 Å². The molecule has 158 valence electrons. The Hall–Kier alpha value is -3.51. The van der Waals surface area contributed by atoms with Crippen LogP contribution in [-0.2, 0) is 19.5 Å². The average molecular weight is 414 g/mol. The number of benzene rings is 1. The predicted octanol–water partition coefficient (Wildman–Crippen LogP) is 3.45. The van der Waals surface area contributed by atoms with Crippen molar-refractivity contribution in [2.45, 2.75) is 26.4 Å². The quantitative estimate of drug-likeness (QED) is 0.647. The summed E-state index contributed by atoms with van der Waals surface area (Å²) in [7, 11) is 0. The molecule has 31 heavy (non-hydrogen) atoms. The maximum absolute atomic E-state index is 12.7. The number of aromatic nitrogens is 2. The lowest BCUT2D eigenvalue weighted by molar-refractivity contribution is 0.0950. The molecule has 1 aliphatic rings. The highest BCUT2D eigenvalue weighted by molar-refractivity contribution is 5.98. The number of nitrogens with two attached hydrogens (primary N) is 1. The molecule has 0 saturated heterocycles. The first kappa shape index (κ1) is 20.8. The van der Waals surface area contributed by atoms with E-state index in [-0.39, 0.29) is 11.7 Å². The normalized spacial score (nSPS) is 14.2. The Kier molecular flexibility index (Phi) is 6.38. The molecule has 0 atom stereocenters. The summed E-state index contributed by atoms with van der Waals surface area (Å²) in [5.74, 6) is 0.0570. The Labute approximate surface area is 182 Å². The molecule has 6 nitrogen and oxygen atoms in total. The molecule has 1 amide bonds. The molecular weight excluding hydrogens is 386 g/mol. The van der Waals surface area contributed by atoms with Gasteiger partial charge in [0.25, 0.3) is 5.91 Å². The number of rotatable bonds is 6. The van der Waals surface area contributed by atoms with Crippen molar-refractivity contribution < 1.29 is 4.79 Å². The Bertz CT molecular complexity index is 1080. The minimum Gasteiger partial charge on any atom is -0.383 e. The molecule has 0 aliphatic carbocycles. The number of nitrogens with zero attached hydrogens (tertiary/aromatic N) is 3. The summed E-state index contributed by atoms with van der Waals surface area (Å²) in [6.45, 7) is 5.06. The lowest BCUT2D eigenvalue weighted by Gasteiger charge is -2.29. The Morgan fingerprint density at radius 1 is 1.19 bits per heavy atom. The van der Waals surface area contributed by atoms with Gasteiger partial charge in [0.05, 0.1) is 17.8 Å². The van der Waals surface area contributed by atoms with Crippen LogP contribution < -0.4 is 11.1 Å². The largest absolute Gasteiger partial charge is 0.383 e. The number of hydrogen-bond donors (Lipinski definition) is 2. The van der Waals surface area contributed by atoms with Gasteiger partial charge in [-0.15, -0.1) is 0 Å². The summed E-state index contributed by atoms with van der Waals surface area (Å²) in [5, 5.41) is 2.89. The van der Waals surface area contributed by atoms with Crippen LogP contribution in [-0.4, -0.2) is 33.9 Å². The smallest absolute Gasteiger partial charge is 0.255 e. The molecule has 4 rings (SSSR count). The highest BCUT2D eigenvalue weighted by atomic mass is 16.1. The molecule has 0 fully saturated rings. The molecule has 1 aromatic carbocycles. The molecule has 0 bridgehead atoms. The summed E-state index contributed by atoms with van der Waals surface area (Å²) in [6.07, 6.45) is 4.75. The van der Waals surface area contributed by atoms with E-state index in [9.17, 15) is 4.79 Å². The fourth-order valence-corrected chi connectivity index (χ4v) is 3.86. The van der Waals surface area contributed by atoms with E-state index in [1.807, 2.05) is 42.5 Å². The fraction of sp³-hybridized carbons (Fsp3) is 0.240. The van der Waals surface area contributed by atoms with Crippen LogP contribution in [0.15, 0.2) is 66.4 Å². The van der Waals surface area contributed by atoms with Crippen LogP contribution in [0.1, 0.15) is 39.8 Å². The summed E-state index contributed by atoms with van der Waals surface area (Å²) in [6, 6.07) is 17.8. The Balaban J connectivity index is 1.43. The number of carbonyl (C=O) groups is 1. The highest BCUT2D eigenvalue weighted by Gasteiger charge is 2.21. The average Bonchev–Trinajstić information content (AvgIpc) is 2.78. The number of nitrogen functional groups attached to an aromatic ring is 1. The molecule has 2 aromatic heterocycles. The van der Waals surface area contributed by atoms with Crippen molar-refractivity contribution in [2.75, 3.05) is 18.8 Å². The lowest BCUT2D eigenvalue weighted by Crippen LogP contribution is -2.33. The van der Waals surface area contributed by atoms with Crippen molar-refractivity contribution in [3.8, 4) is 0 Å². The van der Waals surface area contributed by atoms with E-state index in [1.54, 1.807) is 6.20 Å². The molecule has 0 spiro atoms. The van der Waals surface area contributed by atoms with Crippen LogP contribution in [0.3, 0.4) is 0 Å². The van der Waals surface area contributed by atoms with Crippen LogP contribution in [0.4, 0.5) is 5.82 Å². The van der Waals surface area contributed by atoms with Gasteiger partial charge >= 0.3 is 0 Å². The molecule has 3 N–H and O–H groups in total. The van der Waals surface area contributed by atoms with Crippen LogP contribution in [0.25, 0.3) is 6.08 Å². The van der Waals surface area contributed by atoms with Gasteiger partial charge in [0.2, 0.25) is 0 Å².